The molecule has 16 heteroatoms. The van der Waals surface area contributed by atoms with Gasteiger partial charge in [-0.25, -0.2) is 33.0 Å². The summed E-state index contributed by atoms with van der Waals surface area (Å²) >= 11 is 0. The van der Waals surface area contributed by atoms with Gasteiger partial charge in [-0.15, -0.1) is 5.26 Å². The van der Waals surface area contributed by atoms with E-state index in [0.29, 0.717) is 11.6 Å². The van der Waals surface area contributed by atoms with Gasteiger partial charge in [-0.05, 0) is 135 Å². The molecule has 2 aromatic heterocycles. The number of benzene rings is 2. The number of ether oxygens (including phenoxy) is 1. The van der Waals surface area contributed by atoms with E-state index in [9.17, 15) is 21.6 Å². The number of carbonyl (C=O) groups is 1. The molecule has 276 valence electrons. The van der Waals surface area contributed by atoms with E-state index in [1.54, 1.807) is 37.1 Å². The van der Waals surface area contributed by atoms with E-state index in [0.717, 1.165) is 86.8 Å². The van der Waals surface area contributed by atoms with E-state index in [-0.39, 0.29) is 10.1 Å². The Bertz CT molecular complexity index is 2220. The largest absolute Gasteiger partial charge is 0.387 e. The normalized spacial score (nSPS) is 15.2. The van der Waals surface area contributed by atoms with Gasteiger partial charge < -0.3 is 19.2 Å². The minimum absolute atomic E-state index is 0.0856. The summed E-state index contributed by atoms with van der Waals surface area (Å²) in [6.45, 7) is 3.41. The Morgan fingerprint density at radius 1 is 0.750 bits per heavy atom. The molecule has 0 bridgehead atoms. The molecule has 0 spiro atoms. The van der Waals surface area contributed by atoms with Crippen LogP contribution in [0.1, 0.15) is 81.8 Å². The predicted octanol–water partition coefficient (Wildman–Crippen LogP) is 4.12. The topological polar surface area (TPSA) is 204 Å². The third kappa shape index (κ3) is 7.71. The number of primary sulfonamides is 1. The van der Waals surface area contributed by atoms with Crippen molar-refractivity contribution >= 4 is 31.8 Å². The van der Waals surface area contributed by atoms with Crippen molar-refractivity contribution in [3.8, 4) is 12.0 Å². The standard InChI is InChI=1S/C18H22N4O3S.C13H13NO.C5H9N3O2S/c1-11-19-16(10-22(11)2)26(24,25)21-18(23)20-17-14-7-3-5-12(14)9-13-6-4-8-15(13)17;14-8-15-13-11-5-1-3-9(11)7-10-4-2-6-12(10)13;1-4-7-5(3-8(4)2)11(6,9)10/h9-10H,3-8H2,1-2H3,(H2,20,21,23);7H,1-6H2;3H,1-2H3,(H2,6,9,10). The fourth-order valence-electron chi connectivity index (χ4n) is 7.53. The zero-order valence-corrected chi connectivity index (χ0v) is 31.5. The highest BCUT2D eigenvalue weighted by Gasteiger charge is 2.28. The molecule has 14 nitrogen and oxygen atoms in total. The van der Waals surface area contributed by atoms with Crippen molar-refractivity contribution in [3.05, 3.63) is 80.7 Å². The van der Waals surface area contributed by atoms with Crippen LogP contribution in [0.3, 0.4) is 0 Å². The lowest BCUT2D eigenvalue weighted by molar-refractivity contribution is 0.256. The molecule has 0 fully saturated rings. The van der Waals surface area contributed by atoms with Crippen LogP contribution in [0.25, 0.3) is 0 Å². The van der Waals surface area contributed by atoms with E-state index in [1.807, 2.05) is 6.26 Å². The number of hydrogen-bond acceptors (Lipinski definition) is 9. The number of nitriles is 1. The average molecular weight is 749 g/mol. The highest BCUT2D eigenvalue weighted by atomic mass is 32.2. The summed E-state index contributed by atoms with van der Waals surface area (Å²) in [4.78, 5) is 20.2. The second-order valence-electron chi connectivity index (χ2n) is 13.7. The summed E-state index contributed by atoms with van der Waals surface area (Å²) in [7, 11) is -4.23. The van der Waals surface area contributed by atoms with E-state index in [1.165, 1.54) is 58.6 Å². The number of nitrogens with zero attached hydrogens (tertiary/aromatic N) is 5. The lowest BCUT2D eigenvalue weighted by atomic mass is 9.99. The fourth-order valence-corrected chi connectivity index (χ4v) is 9.05. The van der Waals surface area contributed by atoms with Crippen molar-refractivity contribution < 1.29 is 26.4 Å². The van der Waals surface area contributed by atoms with Crippen LogP contribution in [0, 0.1) is 25.4 Å². The van der Waals surface area contributed by atoms with Crippen LogP contribution in [-0.2, 0) is 85.5 Å². The maximum Gasteiger partial charge on any atom is 0.333 e. The summed E-state index contributed by atoms with van der Waals surface area (Å²) < 4.78 is 56.7. The SMILES string of the molecule is Cc1nc(S(=O)(=O)NC(=O)Nc2c3c(cc4c2CCC4)CCC3)cn1C.Cc1nc(S(N)(=O)=O)cn1C.N#COc1c2c(cc3c1CCC3)CCC2. The first-order valence-electron chi connectivity index (χ1n) is 17.4. The number of anilines is 1. The van der Waals surface area contributed by atoms with Gasteiger partial charge in [-0.1, -0.05) is 12.1 Å². The highest BCUT2D eigenvalue weighted by Crippen LogP contribution is 2.40. The third-order valence-electron chi connectivity index (χ3n) is 10.2. The first-order chi connectivity index (χ1) is 24.7. The number of nitrogens with two attached hydrogens (primary N) is 1. The maximum atomic E-state index is 12.5. The van der Waals surface area contributed by atoms with Crippen LogP contribution in [0.4, 0.5) is 10.5 Å². The van der Waals surface area contributed by atoms with Crippen molar-refractivity contribution in [2.45, 2.75) is 101 Å². The fraction of sp³-hybridized carbons (Fsp3) is 0.444. The molecule has 2 amide bonds. The van der Waals surface area contributed by atoms with Crippen LogP contribution in [0.15, 0.2) is 34.6 Å². The third-order valence-corrected chi connectivity index (χ3v) is 12.2. The van der Waals surface area contributed by atoms with Gasteiger partial charge in [-0.2, -0.15) is 8.42 Å². The Labute approximate surface area is 304 Å². The molecule has 0 aliphatic heterocycles. The molecule has 0 unspecified atom stereocenters. The number of carbonyl (C=O) groups excluding carboxylic acids is 1. The number of aryl methyl sites for hydroxylation is 8. The number of hydrogen-bond donors (Lipinski definition) is 3. The van der Waals surface area contributed by atoms with E-state index < -0.39 is 26.1 Å². The minimum atomic E-state index is -4.00. The molecule has 4 N–H and O–H groups in total. The number of aromatic nitrogens is 4. The summed E-state index contributed by atoms with van der Waals surface area (Å²) in [5.41, 5.74) is 11.1. The van der Waals surface area contributed by atoms with Gasteiger partial charge in [0, 0.05) is 32.2 Å². The zero-order valence-electron chi connectivity index (χ0n) is 29.9. The number of imidazole rings is 2. The molecule has 4 aliphatic carbocycles. The predicted molar refractivity (Wildman–Crippen MR) is 194 cm³/mol. The lowest BCUT2D eigenvalue weighted by Crippen LogP contribution is -2.35. The van der Waals surface area contributed by atoms with Gasteiger partial charge >= 0.3 is 6.03 Å². The monoisotopic (exact) mass is 748 g/mol. The van der Waals surface area contributed by atoms with Crippen molar-refractivity contribution in [1.82, 2.24) is 23.8 Å². The van der Waals surface area contributed by atoms with E-state index in [4.69, 9.17) is 15.1 Å². The molecule has 4 aliphatic rings. The van der Waals surface area contributed by atoms with Gasteiger partial charge in [0.15, 0.2) is 10.1 Å². The first-order valence-corrected chi connectivity index (χ1v) is 20.4. The van der Waals surface area contributed by atoms with Crippen LogP contribution in [0.5, 0.6) is 5.75 Å². The quantitative estimate of drug-likeness (QED) is 0.251. The molecule has 2 aromatic carbocycles. The number of amides is 2. The van der Waals surface area contributed by atoms with Crippen molar-refractivity contribution in [2.24, 2.45) is 19.2 Å². The molecule has 52 heavy (non-hydrogen) atoms. The van der Waals surface area contributed by atoms with Crippen molar-refractivity contribution in [2.75, 3.05) is 5.32 Å². The number of rotatable bonds is 5. The molecule has 0 atom stereocenters. The van der Waals surface area contributed by atoms with Crippen molar-refractivity contribution in [3.63, 3.8) is 0 Å². The van der Waals surface area contributed by atoms with Crippen LogP contribution < -0.4 is 19.9 Å². The Balaban J connectivity index is 0.000000150. The van der Waals surface area contributed by atoms with Gasteiger partial charge in [0.05, 0.1) is 0 Å². The Kier molecular flexibility index (Phi) is 10.5. The highest BCUT2D eigenvalue weighted by molar-refractivity contribution is 7.90. The molecule has 2 heterocycles. The molecular formula is C36H44N8O6S2. The summed E-state index contributed by atoms with van der Waals surface area (Å²) in [5.74, 6) is 2.08. The molecule has 4 aromatic rings. The first kappa shape index (κ1) is 37.1. The summed E-state index contributed by atoms with van der Waals surface area (Å²) in [6, 6.07) is 3.87. The number of urea groups is 1. The molecular weight excluding hydrogens is 705 g/mol. The average Bonchev–Trinajstić information content (AvgIpc) is 3.92. The Hall–Kier alpha value is -4.72. The van der Waals surface area contributed by atoms with Crippen LogP contribution in [0.2, 0.25) is 0 Å². The zero-order chi connectivity index (χ0) is 37.4. The Morgan fingerprint density at radius 3 is 1.56 bits per heavy atom. The number of nitrogens with one attached hydrogen (secondary N) is 2. The van der Waals surface area contributed by atoms with Gasteiger partial charge in [0.1, 0.15) is 17.4 Å². The maximum absolute atomic E-state index is 12.5. The van der Waals surface area contributed by atoms with Gasteiger partial charge in [-0.3, -0.25) is 0 Å². The van der Waals surface area contributed by atoms with Gasteiger partial charge in [0.25, 0.3) is 26.3 Å². The van der Waals surface area contributed by atoms with E-state index in [2.05, 4.69) is 32.1 Å². The van der Waals surface area contributed by atoms with Crippen molar-refractivity contribution in [1.29, 1.82) is 5.26 Å². The summed E-state index contributed by atoms with van der Waals surface area (Å²) in [6.07, 6.45) is 17.5. The van der Waals surface area contributed by atoms with Crippen LogP contribution >= 0.6 is 0 Å². The van der Waals surface area contributed by atoms with Crippen LogP contribution in [-0.4, -0.2) is 42.0 Å². The second-order valence-corrected chi connectivity index (χ2v) is 16.8. The van der Waals surface area contributed by atoms with Gasteiger partial charge in [0.2, 0.25) is 0 Å². The molecule has 8 rings (SSSR count). The number of fused-ring (bicyclic) bond motifs is 4. The van der Waals surface area contributed by atoms with E-state index >= 15 is 0 Å². The second kappa shape index (κ2) is 14.7. The molecule has 0 saturated carbocycles. The summed E-state index contributed by atoms with van der Waals surface area (Å²) in [5, 5.41) is 16.1. The Morgan fingerprint density at radius 2 is 1.17 bits per heavy atom. The smallest absolute Gasteiger partial charge is 0.333 e. The lowest BCUT2D eigenvalue weighted by Gasteiger charge is -2.16. The molecule has 0 radical (unpaired) electrons. The number of sulfonamides is 2. The minimum Gasteiger partial charge on any atom is -0.387 e. The molecule has 0 saturated heterocycles.